The van der Waals surface area contributed by atoms with Gasteiger partial charge in [-0.3, -0.25) is 4.79 Å². The lowest BCUT2D eigenvalue weighted by Crippen LogP contribution is -2.47. The van der Waals surface area contributed by atoms with Crippen LogP contribution < -0.4 is 22.1 Å². The van der Waals surface area contributed by atoms with Crippen molar-refractivity contribution in [3.8, 4) is 11.4 Å². The fourth-order valence-corrected chi connectivity index (χ4v) is 2.43. The summed E-state index contributed by atoms with van der Waals surface area (Å²) in [6.07, 6.45) is 1.54. The molecule has 3 rings (SSSR count). The highest BCUT2D eigenvalue weighted by Gasteiger charge is 2.17. The summed E-state index contributed by atoms with van der Waals surface area (Å²) in [4.78, 5) is 36.4. The minimum absolute atomic E-state index is 0.210. The number of imidazole rings is 1. The number of H-pyrrole nitrogens is 1. The Bertz CT molecular complexity index is 987. The van der Waals surface area contributed by atoms with Crippen LogP contribution in [0.15, 0.2) is 27.9 Å². The lowest BCUT2D eigenvalue weighted by molar-refractivity contribution is 0.694. The highest BCUT2D eigenvalue weighted by atomic mass is 35.5. The second-order valence-corrected chi connectivity index (χ2v) is 5.32. The number of hydrogen-bond donors (Lipinski definition) is 3. The van der Waals surface area contributed by atoms with Gasteiger partial charge in [0.05, 0.1) is 0 Å². The zero-order valence-corrected chi connectivity index (χ0v) is 13.9. The van der Waals surface area contributed by atoms with E-state index in [4.69, 9.17) is 11.6 Å². The van der Waals surface area contributed by atoms with Crippen molar-refractivity contribution in [2.24, 2.45) is 0 Å². The quantitative estimate of drug-likeness (QED) is 0.586. The van der Waals surface area contributed by atoms with Crippen LogP contribution in [0.5, 0.6) is 0 Å². The summed E-state index contributed by atoms with van der Waals surface area (Å²) in [5, 5.41) is 0.355. The van der Waals surface area contributed by atoms with E-state index >= 15 is 0 Å². The molecule has 126 valence electrons. The van der Waals surface area contributed by atoms with Gasteiger partial charge >= 0.3 is 11.2 Å². The molecule has 10 heteroatoms. The van der Waals surface area contributed by atoms with Gasteiger partial charge in [0.2, 0.25) is 0 Å². The minimum Gasteiger partial charge on any atom is -0.332 e. The highest BCUT2D eigenvalue weighted by molar-refractivity contribution is 6.29. The van der Waals surface area contributed by atoms with Gasteiger partial charge in [-0.25, -0.2) is 14.8 Å². The van der Waals surface area contributed by atoms with E-state index < -0.39 is 11.2 Å². The Balaban J connectivity index is 2.29. The molecule has 3 N–H and O–H groups in total. The summed E-state index contributed by atoms with van der Waals surface area (Å²) in [6.45, 7) is 4.56. The summed E-state index contributed by atoms with van der Waals surface area (Å²) in [5.41, 5.74) is 5.71. The molecule has 24 heavy (non-hydrogen) atoms. The van der Waals surface area contributed by atoms with Crippen LogP contribution in [-0.2, 0) is 0 Å². The Kier molecular flexibility index (Phi) is 4.26. The molecule has 0 radical (unpaired) electrons. The topological polar surface area (TPSA) is 110 Å². The number of nitrogens with one attached hydrogen (secondary N) is 3. The zero-order chi connectivity index (χ0) is 17.3. The Hall–Kier alpha value is -2.81. The first-order chi connectivity index (χ1) is 11.6. The smallest absolute Gasteiger partial charge is 0.332 e. The Morgan fingerprint density at radius 2 is 1.88 bits per heavy atom. The maximum Gasteiger partial charge on any atom is 0.370 e. The molecule has 3 heterocycles. The molecule has 0 unspecified atom stereocenters. The van der Waals surface area contributed by atoms with Gasteiger partial charge in [-0.05, 0) is 26.0 Å². The van der Waals surface area contributed by atoms with E-state index in [1.165, 1.54) is 4.68 Å². The van der Waals surface area contributed by atoms with Crippen molar-refractivity contribution < 1.29 is 0 Å². The lowest BCUT2D eigenvalue weighted by Gasteiger charge is -2.11. The van der Waals surface area contributed by atoms with Gasteiger partial charge in [0, 0.05) is 24.8 Å². The van der Waals surface area contributed by atoms with Gasteiger partial charge in [-0.15, -0.1) is 0 Å². The fraction of sp³-hybridized carbons (Fsp3) is 0.286. The average molecular weight is 350 g/mol. The Morgan fingerprint density at radius 3 is 2.50 bits per heavy atom. The molecule has 0 aliphatic carbocycles. The number of nitrogens with zero attached hydrogens (tertiary/aromatic N) is 4. The van der Waals surface area contributed by atoms with Gasteiger partial charge in [-0.1, -0.05) is 11.6 Å². The molecular weight excluding hydrogens is 334 g/mol. The zero-order valence-electron chi connectivity index (χ0n) is 13.1. The van der Waals surface area contributed by atoms with Crippen LogP contribution in [0.4, 0.5) is 0 Å². The first kappa shape index (κ1) is 16.1. The Labute approximate surface area is 141 Å². The van der Waals surface area contributed by atoms with Crippen LogP contribution in [0.2, 0.25) is 5.15 Å². The normalized spacial score (nSPS) is 11.0. The number of halogens is 1. The average Bonchev–Trinajstić information content (AvgIpc) is 3.01. The van der Waals surface area contributed by atoms with Gasteiger partial charge in [-0.2, -0.15) is 9.35 Å². The predicted octanol–water partition coefficient (Wildman–Crippen LogP) is 0.729. The molecule has 0 spiro atoms. The van der Waals surface area contributed by atoms with Gasteiger partial charge in [0.15, 0.2) is 11.2 Å². The molecule has 0 fully saturated rings. The van der Waals surface area contributed by atoms with Crippen molar-refractivity contribution in [2.75, 3.05) is 23.9 Å². The third-order valence-electron chi connectivity index (χ3n) is 3.33. The van der Waals surface area contributed by atoms with Gasteiger partial charge < -0.3 is 15.8 Å². The summed E-state index contributed by atoms with van der Waals surface area (Å²) < 4.78 is 2.19. The molecule has 3 aromatic rings. The van der Waals surface area contributed by atoms with Gasteiger partial charge in [0.1, 0.15) is 11.0 Å². The third-order valence-corrected chi connectivity index (χ3v) is 3.55. The van der Waals surface area contributed by atoms with Crippen LogP contribution in [0.1, 0.15) is 13.8 Å². The summed E-state index contributed by atoms with van der Waals surface area (Å²) in [7, 11) is 0. The fourth-order valence-electron chi connectivity index (χ4n) is 2.32. The molecule has 0 atom stereocenters. The van der Waals surface area contributed by atoms with Crippen molar-refractivity contribution in [2.45, 2.75) is 13.8 Å². The van der Waals surface area contributed by atoms with Crippen molar-refractivity contribution in [3.63, 3.8) is 0 Å². The largest absolute Gasteiger partial charge is 0.370 e. The molecule has 0 aliphatic heterocycles. The van der Waals surface area contributed by atoms with E-state index in [2.05, 4.69) is 25.8 Å². The lowest BCUT2D eigenvalue weighted by atomic mass is 10.3. The standard InChI is InChI=1S/C14H16ClN7O2/c1-3-17-21-12-10(13(23)22(14(21)24)18-4-2)19-11(20-12)8-5-6-9(15)16-7-8/h5-7,17-18H,3-4H2,1-2H3,(H,19,20). The van der Waals surface area contributed by atoms with Crippen molar-refractivity contribution >= 4 is 22.8 Å². The predicted molar refractivity (Wildman–Crippen MR) is 92.7 cm³/mol. The molecule has 9 nitrogen and oxygen atoms in total. The molecule has 0 bridgehead atoms. The second-order valence-electron chi connectivity index (χ2n) is 4.94. The highest BCUT2D eigenvalue weighted by Crippen LogP contribution is 2.18. The van der Waals surface area contributed by atoms with Crippen LogP contribution in [0, 0.1) is 0 Å². The van der Waals surface area contributed by atoms with E-state index in [1.807, 2.05) is 6.92 Å². The molecule has 0 saturated carbocycles. The van der Waals surface area contributed by atoms with E-state index in [0.717, 1.165) is 4.68 Å². The summed E-state index contributed by atoms with van der Waals surface area (Å²) >= 11 is 5.79. The molecule has 3 aromatic heterocycles. The van der Waals surface area contributed by atoms with E-state index in [1.54, 1.807) is 25.3 Å². The van der Waals surface area contributed by atoms with Crippen LogP contribution in [0.3, 0.4) is 0 Å². The van der Waals surface area contributed by atoms with Crippen LogP contribution in [-0.4, -0.2) is 37.4 Å². The summed E-state index contributed by atoms with van der Waals surface area (Å²) in [6, 6.07) is 3.35. The molecule has 0 aromatic carbocycles. The van der Waals surface area contributed by atoms with E-state index in [0.29, 0.717) is 29.6 Å². The number of pyridine rings is 1. The number of rotatable bonds is 5. The number of aromatic amines is 1. The van der Waals surface area contributed by atoms with Crippen molar-refractivity contribution in [3.05, 3.63) is 44.3 Å². The third kappa shape index (κ3) is 2.62. The first-order valence-electron chi connectivity index (χ1n) is 7.44. The monoisotopic (exact) mass is 349 g/mol. The van der Waals surface area contributed by atoms with Crippen LogP contribution in [0.25, 0.3) is 22.6 Å². The molecular formula is C14H16ClN7O2. The molecule has 0 saturated heterocycles. The maximum absolute atomic E-state index is 12.5. The number of hydrogen-bond acceptors (Lipinski definition) is 6. The molecule has 0 amide bonds. The van der Waals surface area contributed by atoms with E-state index in [9.17, 15) is 9.59 Å². The summed E-state index contributed by atoms with van der Waals surface area (Å²) in [5.74, 6) is 0.423. The van der Waals surface area contributed by atoms with Crippen molar-refractivity contribution in [1.29, 1.82) is 0 Å². The molecule has 0 aliphatic rings. The van der Waals surface area contributed by atoms with Crippen LogP contribution >= 0.6 is 11.6 Å². The van der Waals surface area contributed by atoms with E-state index in [-0.39, 0.29) is 11.2 Å². The van der Waals surface area contributed by atoms with Crippen molar-refractivity contribution in [1.82, 2.24) is 24.3 Å². The second kappa shape index (κ2) is 6.36. The maximum atomic E-state index is 12.5. The Morgan fingerprint density at radius 1 is 1.17 bits per heavy atom. The number of fused-ring (bicyclic) bond motifs is 1. The first-order valence-corrected chi connectivity index (χ1v) is 7.82. The SMILES string of the molecule is CCNn1c(=O)c2[nH]c(-c3ccc(Cl)nc3)nc2n(NCC)c1=O. The number of aromatic nitrogens is 5. The van der Waals surface area contributed by atoms with Gasteiger partial charge in [0.25, 0.3) is 0 Å². The minimum atomic E-state index is -0.538.